The summed E-state index contributed by atoms with van der Waals surface area (Å²) in [6.07, 6.45) is 8.56. The van der Waals surface area contributed by atoms with Crippen molar-refractivity contribution in [2.24, 2.45) is 5.92 Å². The van der Waals surface area contributed by atoms with Crippen molar-refractivity contribution in [3.8, 4) is 0 Å². The van der Waals surface area contributed by atoms with Crippen molar-refractivity contribution in [2.75, 3.05) is 0 Å². The Labute approximate surface area is 104 Å². The van der Waals surface area contributed by atoms with E-state index in [2.05, 4.69) is 40.3 Å². The van der Waals surface area contributed by atoms with Gasteiger partial charge in [0.15, 0.2) is 0 Å². The smallest absolute Gasteiger partial charge is 0.0285 e. The quantitative estimate of drug-likeness (QED) is 0.360. The molecule has 0 unspecified atom stereocenters. The highest BCUT2D eigenvalue weighted by Gasteiger charge is 1.97. The molecule has 0 N–H and O–H groups in total. The maximum Gasteiger partial charge on any atom is -0.0285 e. The van der Waals surface area contributed by atoms with E-state index in [-0.39, 0.29) is 0 Å². The van der Waals surface area contributed by atoms with Gasteiger partial charge in [0.05, 0.1) is 0 Å². The van der Waals surface area contributed by atoms with Gasteiger partial charge in [-0.2, -0.15) is 0 Å². The summed E-state index contributed by atoms with van der Waals surface area (Å²) in [6.45, 7) is 17.1. The first-order chi connectivity index (χ1) is 7.56. The summed E-state index contributed by atoms with van der Waals surface area (Å²) in [5, 5.41) is 0. The van der Waals surface area contributed by atoms with E-state index in [1.54, 1.807) is 0 Å². The van der Waals surface area contributed by atoms with Crippen LogP contribution >= 0.6 is 0 Å². The average molecular weight is 224 g/mol. The van der Waals surface area contributed by atoms with Crippen LogP contribution in [0.3, 0.4) is 0 Å². The molecule has 0 heteroatoms. The van der Waals surface area contributed by atoms with Gasteiger partial charge in [-0.3, -0.25) is 0 Å². The molecule has 0 aromatic heterocycles. The summed E-state index contributed by atoms with van der Waals surface area (Å²) in [5.74, 6) is 0.759. The highest BCUT2D eigenvalue weighted by molar-refractivity contribution is 5.19. The van der Waals surface area contributed by atoms with Crippen LogP contribution in [-0.4, -0.2) is 0 Å². The predicted molar refractivity (Wildman–Crippen MR) is 77.8 cm³/mol. The van der Waals surface area contributed by atoms with E-state index < -0.39 is 0 Å². The number of allylic oxidation sites excluding steroid dienone is 3. The summed E-state index contributed by atoms with van der Waals surface area (Å²) in [5.41, 5.74) is 2.78. The summed E-state index contributed by atoms with van der Waals surface area (Å²) in [4.78, 5) is 0. The fourth-order valence-electron chi connectivity index (χ4n) is 1.73. The molecule has 0 bridgehead atoms. The Morgan fingerprint density at radius 1 is 1.19 bits per heavy atom. The van der Waals surface area contributed by atoms with Crippen molar-refractivity contribution in [3.05, 3.63) is 23.8 Å². The summed E-state index contributed by atoms with van der Waals surface area (Å²) in [6, 6.07) is 0. The Balaban J connectivity index is 0. The van der Waals surface area contributed by atoms with Crippen LogP contribution < -0.4 is 0 Å². The van der Waals surface area contributed by atoms with Gasteiger partial charge < -0.3 is 0 Å². The lowest BCUT2D eigenvalue weighted by atomic mass is 10.0. The summed E-state index contributed by atoms with van der Waals surface area (Å²) in [7, 11) is 0. The standard InChI is InChI=1S/C14H26.C2H6/c1-6-7-8-9-13(4)11-14(5)10-12(2)3;1-2/h11-12H,4,6-10H2,1-3,5H3;1-2H3/b14-11-;. The van der Waals surface area contributed by atoms with E-state index in [4.69, 9.17) is 0 Å². The Hall–Kier alpha value is -0.520. The molecule has 16 heavy (non-hydrogen) atoms. The SMILES string of the molecule is C=C(/C=C(/C)CC(C)C)CCCCC.CC. The molecule has 0 heterocycles. The minimum Gasteiger partial charge on any atom is -0.0958 e. The second-order valence-corrected chi connectivity index (χ2v) is 4.70. The van der Waals surface area contributed by atoms with Gasteiger partial charge in [0.1, 0.15) is 0 Å². The minimum absolute atomic E-state index is 0.759. The zero-order valence-electron chi connectivity index (χ0n) is 12.4. The van der Waals surface area contributed by atoms with Crippen LogP contribution in [0.2, 0.25) is 0 Å². The molecule has 0 aromatic carbocycles. The molecular weight excluding hydrogens is 192 g/mol. The molecular formula is C16H32. The van der Waals surface area contributed by atoms with Gasteiger partial charge in [0.25, 0.3) is 0 Å². The van der Waals surface area contributed by atoms with E-state index in [9.17, 15) is 0 Å². The molecule has 0 amide bonds. The third-order valence-electron chi connectivity index (χ3n) is 2.28. The summed E-state index contributed by atoms with van der Waals surface area (Å²) >= 11 is 0. The zero-order chi connectivity index (χ0) is 13.0. The Morgan fingerprint density at radius 3 is 2.19 bits per heavy atom. The van der Waals surface area contributed by atoms with Gasteiger partial charge in [-0.25, -0.2) is 0 Å². The molecule has 0 nitrogen and oxygen atoms in total. The maximum absolute atomic E-state index is 4.10. The minimum atomic E-state index is 0.759. The molecule has 0 aromatic rings. The predicted octanol–water partition coefficient (Wildman–Crippen LogP) is 6.14. The van der Waals surface area contributed by atoms with E-state index in [0.717, 1.165) is 5.92 Å². The molecule has 0 saturated heterocycles. The van der Waals surface area contributed by atoms with Crippen LogP contribution in [0.4, 0.5) is 0 Å². The van der Waals surface area contributed by atoms with Crippen LogP contribution in [-0.2, 0) is 0 Å². The average Bonchev–Trinajstić information content (AvgIpc) is 2.19. The molecule has 0 spiro atoms. The Kier molecular flexibility index (Phi) is 14.0. The summed E-state index contributed by atoms with van der Waals surface area (Å²) < 4.78 is 0. The van der Waals surface area contributed by atoms with E-state index in [1.807, 2.05) is 13.8 Å². The van der Waals surface area contributed by atoms with Gasteiger partial charge in [-0.1, -0.05) is 71.3 Å². The first-order valence-electron chi connectivity index (χ1n) is 6.91. The first kappa shape index (κ1) is 17.9. The molecule has 0 atom stereocenters. The second kappa shape index (κ2) is 12.5. The molecule has 0 aliphatic rings. The van der Waals surface area contributed by atoms with E-state index in [1.165, 1.54) is 43.3 Å². The molecule has 96 valence electrons. The van der Waals surface area contributed by atoms with Gasteiger partial charge in [0, 0.05) is 0 Å². The van der Waals surface area contributed by atoms with Gasteiger partial charge in [0.2, 0.25) is 0 Å². The lowest BCUT2D eigenvalue weighted by molar-refractivity contribution is 0.641. The lowest BCUT2D eigenvalue weighted by Gasteiger charge is -2.06. The third kappa shape index (κ3) is 13.5. The molecule has 0 aliphatic carbocycles. The largest absolute Gasteiger partial charge is 0.0958 e. The van der Waals surface area contributed by atoms with Crippen molar-refractivity contribution in [3.63, 3.8) is 0 Å². The molecule has 0 rings (SSSR count). The first-order valence-corrected chi connectivity index (χ1v) is 6.91. The van der Waals surface area contributed by atoms with E-state index >= 15 is 0 Å². The number of hydrogen-bond donors (Lipinski definition) is 0. The van der Waals surface area contributed by atoms with E-state index in [0.29, 0.717) is 0 Å². The fraction of sp³-hybridized carbons (Fsp3) is 0.750. The van der Waals surface area contributed by atoms with Gasteiger partial charge >= 0.3 is 0 Å². The van der Waals surface area contributed by atoms with Crippen LogP contribution in [0.15, 0.2) is 23.8 Å². The number of rotatable bonds is 7. The lowest BCUT2D eigenvalue weighted by Crippen LogP contribution is -1.89. The van der Waals surface area contributed by atoms with Crippen molar-refractivity contribution in [1.82, 2.24) is 0 Å². The van der Waals surface area contributed by atoms with Crippen LogP contribution in [0.5, 0.6) is 0 Å². The monoisotopic (exact) mass is 224 g/mol. The third-order valence-corrected chi connectivity index (χ3v) is 2.28. The molecule has 0 saturated carbocycles. The highest BCUT2D eigenvalue weighted by atomic mass is 14.0. The highest BCUT2D eigenvalue weighted by Crippen LogP contribution is 2.15. The van der Waals surface area contributed by atoms with Crippen molar-refractivity contribution >= 4 is 0 Å². The number of hydrogen-bond acceptors (Lipinski definition) is 0. The Morgan fingerprint density at radius 2 is 1.75 bits per heavy atom. The van der Waals surface area contributed by atoms with Crippen molar-refractivity contribution in [2.45, 2.75) is 73.6 Å². The van der Waals surface area contributed by atoms with Crippen LogP contribution in [0, 0.1) is 5.92 Å². The molecule has 0 aliphatic heterocycles. The second-order valence-electron chi connectivity index (χ2n) is 4.70. The molecule has 0 fully saturated rings. The maximum atomic E-state index is 4.10. The van der Waals surface area contributed by atoms with Crippen LogP contribution in [0.1, 0.15) is 73.6 Å². The topological polar surface area (TPSA) is 0 Å². The molecule has 0 radical (unpaired) electrons. The van der Waals surface area contributed by atoms with Crippen LogP contribution in [0.25, 0.3) is 0 Å². The van der Waals surface area contributed by atoms with Crippen molar-refractivity contribution in [1.29, 1.82) is 0 Å². The van der Waals surface area contributed by atoms with Crippen molar-refractivity contribution < 1.29 is 0 Å². The fourth-order valence-corrected chi connectivity index (χ4v) is 1.73. The van der Waals surface area contributed by atoms with Gasteiger partial charge in [-0.05, 0) is 32.1 Å². The Bertz CT molecular complexity index is 184. The van der Waals surface area contributed by atoms with Gasteiger partial charge in [-0.15, -0.1) is 0 Å². The number of unbranched alkanes of at least 4 members (excludes halogenated alkanes) is 2. The zero-order valence-corrected chi connectivity index (χ0v) is 12.4. The normalized spacial score (nSPS) is 11.1.